The van der Waals surface area contributed by atoms with Gasteiger partial charge in [-0.1, -0.05) is 6.07 Å². The molecule has 1 aromatic carbocycles. The van der Waals surface area contributed by atoms with E-state index in [4.69, 9.17) is 0 Å². The van der Waals surface area contributed by atoms with Crippen molar-refractivity contribution in [1.29, 1.82) is 0 Å². The number of carbonyl (C=O) groups excluding carboxylic acids is 1. The van der Waals surface area contributed by atoms with E-state index in [1.807, 2.05) is 28.8 Å². The highest BCUT2D eigenvalue weighted by atomic mass is 19.2. The molecule has 0 unspecified atom stereocenters. The number of benzene rings is 1. The minimum Gasteiger partial charge on any atom is -0.333 e. The van der Waals surface area contributed by atoms with Crippen molar-refractivity contribution in [2.45, 2.75) is 12.6 Å². The number of hydrogen-bond donors (Lipinski definition) is 2. The molecule has 1 aliphatic rings. The summed E-state index contributed by atoms with van der Waals surface area (Å²) in [5.41, 5.74) is 2.11. The van der Waals surface area contributed by atoms with E-state index in [1.54, 1.807) is 24.2 Å². The Kier molecular flexibility index (Phi) is 4.18. The Morgan fingerprint density at radius 2 is 1.93 bits per heavy atom. The highest BCUT2D eigenvalue weighted by Crippen LogP contribution is 2.32. The second-order valence-electron chi connectivity index (χ2n) is 7.48. The van der Waals surface area contributed by atoms with E-state index in [9.17, 15) is 18.4 Å². The zero-order valence-corrected chi connectivity index (χ0v) is 16.1. The van der Waals surface area contributed by atoms with Crippen molar-refractivity contribution in [3.8, 4) is 0 Å². The number of amides is 1. The van der Waals surface area contributed by atoms with E-state index >= 15 is 0 Å². The predicted molar refractivity (Wildman–Crippen MR) is 108 cm³/mol. The first kappa shape index (κ1) is 18.5. The van der Waals surface area contributed by atoms with Crippen molar-refractivity contribution in [2.75, 3.05) is 13.6 Å². The van der Waals surface area contributed by atoms with Crippen LogP contribution in [0.1, 0.15) is 27.7 Å². The predicted octanol–water partition coefficient (Wildman–Crippen LogP) is 2.98. The Morgan fingerprint density at radius 1 is 1.17 bits per heavy atom. The van der Waals surface area contributed by atoms with Crippen LogP contribution in [0.3, 0.4) is 0 Å². The third kappa shape index (κ3) is 2.80. The van der Waals surface area contributed by atoms with Gasteiger partial charge in [0.2, 0.25) is 0 Å². The largest absolute Gasteiger partial charge is 0.333 e. The molecule has 0 radical (unpaired) electrons. The van der Waals surface area contributed by atoms with Gasteiger partial charge < -0.3 is 19.6 Å². The average Bonchev–Trinajstić information content (AvgIpc) is 3.18. The molecule has 0 fully saturated rings. The van der Waals surface area contributed by atoms with Crippen LogP contribution in [0.5, 0.6) is 0 Å². The molecule has 4 aromatic rings. The molecule has 30 heavy (non-hydrogen) atoms. The maximum Gasteiger partial charge on any atom is 0.256 e. The summed E-state index contributed by atoms with van der Waals surface area (Å²) in [7, 11) is 1.67. The van der Waals surface area contributed by atoms with Crippen LogP contribution in [-0.4, -0.2) is 33.8 Å². The Labute approximate surface area is 169 Å². The van der Waals surface area contributed by atoms with Gasteiger partial charge in [-0.15, -0.1) is 0 Å². The van der Waals surface area contributed by atoms with Gasteiger partial charge in [-0.3, -0.25) is 9.59 Å². The molecule has 0 saturated heterocycles. The summed E-state index contributed by atoms with van der Waals surface area (Å²) in [5.74, 6) is -2.32. The Morgan fingerprint density at radius 3 is 2.70 bits per heavy atom. The lowest BCUT2D eigenvalue weighted by Crippen LogP contribution is -2.42. The number of halogens is 2. The van der Waals surface area contributed by atoms with Gasteiger partial charge >= 0.3 is 0 Å². The highest BCUT2D eigenvalue weighted by molar-refractivity contribution is 5.96. The summed E-state index contributed by atoms with van der Waals surface area (Å²) in [6.07, 6.45) is 3.62. The third-order valence-electron chi connectivity index (χ3n) is 5.70. The third-order valence-corrected chi connectivity index (χ3v) is 5.70. The fourth-order valence-corrected chi connectivity index (χ4v) is 4.20. The Hall–Kier alpha value is -3.52. The number of fused-ring (bicyclic) bond motifs is 4. The standard InChI is InChI=1S/C22H18F2N4O2/c1-27(22(30)12-6-13-4-2-3-5-28(13)11-12)19-10-25-9-18-20(19)14-7-16(23)17(24)8-15(14)21(29)26-18/h2-8,11,19,25H,9-10H2,1H3,(H,26,29)/t19-/m1/s1. The molecule has 4 heterocycles. The minimum atomic E-state index is -1.08. The van der Waals surface area contributed by atoms with E-state index in [0.29, 0.717) is 35.3 Å². The number of H-pyrrole nitrogens is 1. The number of nitrogens with one attached hydrogen (secondary N) is 2. The molecular weight excluding hydrogens is 390 g/mol. The summed E-state index contributed by atoms with van der Waals surface area (Å²) >= 11 is 0. The number of aromatic nitrogens is 2. The van der Waals surface area contributed by atoms with Crippen LogP contribution in [0.2, 0.25) is 0 Å². The number of rotatable bonds is 2. The summed E-state index contributed by atoms with van der Waals surface area (Å²) in [6, 6.07) is 8.97. The van der Waals surface area contributed by atoms with Gasteiger partial charge in [0.1, 0.15) is 0 Å². The maximum atomic E-state index is 14.0. The van der Waals surface area contributed by atoms with Gasteiger partial charge in [0.05, 0.1) is 17.0 Å². The van der Waals surface area contributed by atoms with E-state index in [2.05, 4.69) is 10.3 Å². The number of aromatic amines is 1. The molecule has 1 amide bonds. The quantitative estimate of drug-likeness (QED) is 0.536. The average molecular weight is 408 g/mol. The summed E-state index contributed by atoms with van der Waals surface area (Å²) in [4.78, 5) is 29.9. The normalized spacial score (nSPS) is 16.0. The molecule has 8 heteroatoms. The topological polar surface area (TPSA) is 69.6 Å². The van der Waals surface area contributed by atoms with Crippen LogP contribution >= 0.6 is 0 Å². The first-order valence-corrected chi connectivity index (χ1v) is 9.52. The van der Waals surface area contributed by atoms with Gasteiger partial charge in [-0.25, -0.2) is 8.78 Å². The van der Waals surface area contributed by atoms with Gasteiger partial charge in [0.25, 0.3) is 11.5 Å². The van der Waals surface area contributed by atoms with Crippen molar-refractivity contribution >= 4 is 22.2 Å². The lowest BCUT2D eigenvalue weighted by atomic mass is 9.93. The SMILES string of the molecule is CN(C(=O)c1cc2ccccn2c1)[C@@H]1CNCc2[nH]c(=O)c3cc(F)c(F)cc3c21. The fraction of sp³-hybridized carbons (Fsp3) is 0.182. The Balaban J connectivity index is 1.63. The van der Waals surface area contributed by atoms with Crippen LogP contribution in [-0.2, 0) is 6.54 Å². The molecule has 6 nitrogen and oxygen atoms in total. The van der Waals surface area contributed by atoms with Gasteiger partial charge in [0.15, 0.2) is 11.6 Å². The number of hydrogen-bond acceptors (Lipinski definition) is 3. The highest BCUT2D eigenvalue weighted by Gasteiger charge is 2.31. The zero-order valence-electron chi connectivity index (χ0n) is 16.1. The zero-order chi connectivity index (χ0) is 21.0. The molecule has 152 valence electrons. The molecule has 1 aliphatic heterocycles. The van der Waals surface area contributed by atoms with Gasteiger partial charge in [-0.05, 0) is 35.7 Å². The second kappa shape index (κ2) is 6.77. The molecule has 0 bridgehead atoms. The van der Waals surface area contributed by atoms with Crippen LogP contribution in [0, 0.1) is 11.6 Å². The van der Waals surface area contributed by atoms with Crippen LogP contribution in [0.4, 0.5) is 8.78 Å². The lowest BCUT2D eigenvalue weighted by Gasteiger charge is -2.34. The molecule has 5 rings (SSSR count). The molecule has 0 spiro atoms. The lowest BCUT2D eigenvalue weighted by molar-refractivity contribution is 0.0723. The smallest absolute Gasteiger partial charge is 0.256 e. The minimum absolute atomic E-state index is 0.0648. The second-order valence-corrected chi connectivity index (χ2v) is 7.48. The molecule has 3 aromatic heterocycles. The van der Waals surface area contributed by atoms with Gasteiger partial charge in [0, 0.05) is 49.3 Å². The molecule has 1 atom stereocenters. The monoisotopic (exact) mass is 408 g/mol. The summed E-state index contributed by atoms with van der Waals surface area (Å²) < 4.78 is 29.7. The van der Waals surface area contributed by atoms with Crippen molar-refractivity contribution in [1.82, 2.24) is 19.6 Å². The molecule has 0 aliphatic carbocycles. The van der Waals surface area contributed by atoms with Crippen molar-refractivity contribution in [3.05, 3.63) is 87.6 Å². The first-order valence-electron chi connectivity index (χ1n) is 9.52. The van der Waals surface area contributed by atoms with Crippen molar-refractivity contribution in [3.63, 3.8) is 0 Å². The van der Waals surface area contributed by atoms with Crippen molar-refractivity contribution < 1.29 is 13.6 Å². The summed E-state index contributed by atoms with van der Waals surface area (Å²) in [6.45, 7) is 0.789. The fourth-order valence-electron chi connectivity index (χ4n) is 4.20. The van der Waals surface area contributed by atoms with Gasteiger partial charge in [-0.2, -0.15) is 0 Å². The number of pyridine rings is 2. The van der Waals surface area contributed by atoms with E-state index < -0.39 is 23.2 Å². The van der Waals surface area contributed by atoms with Crippen LogP contribution < -0.4 is 10.9 Å². The molecular formula is C22H18F2N4O2. The van der Waals surface area contributed by atoms with Crippen LogP contribution in [0.25, 0.3) is 16.3 Å². The van der Waals surface area contributed by atoms with E-state index in [-0.39, 0.29) is 11.3 Å². The Bertz CT molecular complexity index is 1340. The first-order chi connectivity index (χ1) is 14.4. The number of likely N-dealkylation sites (N-methyl/N-ethyl adjacent to an activating group) is 1. The molecule has 0 saturated carbocycles. The molecule has 2 N–H and O–H groups in total. The number of carbonyl (C=O) groups is 1. The number of nitrogens with zero attached hydrogens (tertiary/aromatic N) is 2. The summed E-state index contributed by atoms with van der Waals surface area (Å²) in [5, 5.41) is 3.57. The maximum absolute atomic E-state index is 14.0. The van der Waals surface area contributed by atoms with E-state index in [1.165, 1.54) is 0 Å². The van der Waals surface area contributed by atoms with E-state index in [0.717, 1.165) is 17.6 Å². The van der Waals surface area contributed by atoms with Crippen LogP contribution in [0.15, 0.2) is 53.6 Å². The van der Waals surface area contributed by atoms with Crippen molar-refractivity contribution in [2.24, 2.45) is 0 Å².